The van der Waals surface area contributed by atoms with Gasteiger partial charge < -0.3 is 9.47 Å². The van der Waals surface area contributed by atoms with Crippen molar-refractivity contribution in [3.05, 3.63) is 64.9 Å². The van der Waals surface area contributed by atoms with Gasteiger partial charge in [-0.25, -0.2) is 4.98 Å². The van der Waals surface area contributed by atoms with E-state index >= 15 is 0 Å². The number of pyridine rings is 1. The molecule has 0 bridgehead atoms. The second-order valence-corrected chi connectivity index (χ2v) is 6.99. The van der Waals surface area contributed by atoms with Gasteiger partial charge in [-0.15, -0.1) is 0 Å². The fourth-order valence-electron chi connectivity index (χ4n) is 3.67. The van der Waals surface area contributed by atoms with Crippen molar-refractivity contribution < 1.29 is 4.39 Å². The van der Waals surface area contributed by atoms with Crippen LogP contribution in [0.2, 0.25) is 0 Å². The van der Waals surface area contributed by atoms with Gasteiger partial charge in [-0.05, 0) is 61.9 Å². The lowest BCUT2D eigenvalue weighted by Gasteiger charge is -2.23. The Morgan fingerprint density at radius 1 is 1.24 bits per heavy atom. The highest BCUT2D eigenvalue weighted by atomic mass is 19.1. The van der Waals surface area contributed by atoms with E-state index in [1.807, 2.05) is 0 Å². The third-order valence-electron chi connectivity index (χ3n) is 5.04. The smallest absolute Gasteiger partial charge is 0.212 e. The largest absolute Gasteiger partial charge is 0.320 e. The predicted molar refractivity (Wildman–Crippen MR) is 101 cm³/mol. The van der Waals surface area contributed by atoms with Crippen LogP contribution in [0.15, 0.2) is 36.5 Å². The van der Waals surface area contributed by atoms with Crippen LogP contribution < -0.4 is 0 Å². The Morgan fingerprint density at radius 2 is 2.08 bits per heavy atom. The van der Waals surface area contributed by atoms with Crippen molar-refractivity contribution in [2.24, 2.45) is 0 Å². The van der Waals surface area contributed by atoms with Crippen molar-refractivity contribution in [3.63, 3.8) is 0 Å². The molecule has 25 heavy (non-hydrogen) atoms. The molecular weight excluding hydrogens is 313 g/mol. The molecule has 0 radical (unpaired) electrons. The van der Waals surface area contributed by atoms with Crippen molar-refractivity contribution in [2.45, 2.75) is 26.8 Å². The Labute approximate surface area is 147 Å². The number of aryl methyl sites for hydroxylation is 1. The number of benzene rings is 1. The summed E-state index contributed by atoms with van der Waals surface area (Å²) >= 11 is 0. The normalized spacial score (nSPS) is 15.6. The standard InChI is InChI=1S/C21H22FN3/c1-14-4-6-19-17(10-14)18-13-24(3)9-8-20(18)25(19)12-15(2)16-5-7-21(22)23-11-16/h4-7,10-12H,8-9,13H2,1-3H3/b15-12-. The minimum Gasteiger partial charge on any atom is -0.320 e. The lowest BCUT2D eigenvalue weighted by atomic mass is 10.0. The zero-order valence-corrected chi connectivity index (χ0v) is 14.9. The number of aromatic nitrogens is 2. The summed E-state index contributed by atoms with van der Waals surface area (Å²) in [6.07, 6.45) is 4.79. The molecule has 0 amide bonds. The molecule has 0 spiro atoms. The Morgan fingerprint density at radius 3 is 2.84 bits per heavy atom. The van der Waals surface area contributed by atoms with Gasteiger partial charge in [-0.1, -0.05) is 11.6 Å². The van der Waals surface area contributed by atoms with Crippen LogP contribution in [0.5, 0.6) is 0 Å². The van der Waals surface area contributed by atoms with Crippen molar-refractivity contribution in [1.29, 1.82) is 0 Å². The van der Waals surface area contributed by atoms with Crippen LogP contribution in [0.25, 0.3) is 22.7 Å². The summed E-state index contributed by atoms with van der Waals surface area (Å²) in [4.78, 5) is 6.15. The fourth-order valence-corrected chi connectivity index (χ4v) is 3.67. The SMILES string of the molecule is C/C(=C/n1c2c(c3cc(C)ccc31)CN(C)CC2)c1ccc(F)nc1. The molecule has 4 heteroatoms. The number of halogens is 1. The molecule has 0 fully saturated rings. The number of allylic oxidation sites excluding steroid dienone is 1. The Balaban J connectivity index is 1.89. The Hall–Kier alpha value is -2.46. The van der Waals surface area contributed by atoms with Crippen molar-refractivity contribution in [2.75, 3.05) is 13.6 Å². The summed E-state index contributed by atoms with van der Waals surface area (Å²) in [7, 11) is 2.17. The first kappa shape index (κ1) is 16.0. The fraction of sp³-hybridized carbons (Fsp3) is 0.286. The van der Waals surface area contributed by atoms with Crippen LogP contribution in [0.1, 0.15) is 29.3 Å². The van der Waals surface area contributed by atoms with Gasteiger partial charge in [0.1, 0.15) is 0 Å². The van der Waals surface area contributed by atoms with Crippen molar-refractivity contribution in [3.8, 4) is 0 Å². The van der Waals surface area contributed by atoms with Gasteiger partial charge in [0.2, 0.25) is 5.95 Å². The first-order valence-corrected chi connectivity index (χ1v) is 8.64. The van der Waals surface area contributed by atoms with Gasteiger partial charge in [0.05, 0.1) is 5.52 Å². The molecule has 2 aromatic heterocycles. The van der Waals surface area contributed by atoms with E-state index < -0.39 is 5.95 Å². The van der Waals surface area contributed by atoms with E-state index in [2.05, 4.69) is 59.7 Å². The van der Waals surface area contributed by atoms with Crippen LogP contribution >= 0.6 is 0 Å². The second kappa shape index (κ2) is 6.12. The maximum Gasteiger partial charge on any atom is 0.212 e. The van der Waals surface area contributed by atoms with E-state index in [4.69, 9.17) is 0 Å². The van der Waals surface area contributed by atoms with Crippen LogP contribution in [-0.4, -0.2) is 28.0 Å². The Kier molecular flexibility index (Phi) is 3.92. The quantitative estimate of drug-likeness (QED) is 0.643. The number of hydrogen-bond acceptors (Lipinski definition) is 2. The Bertz CT molecular complexity index is 967. The van der Waals surface area contributed by atoms with E-state index in [9.17, 15) is 4.39 Å². The summed E-state index contributed by atoms with van der Waals surface area (Å²) in [5.41, 5.74) is 7.34. The third kappa shape index (κ3) is 2.87. The number of nitrogens with zero attached hydrogens (tertiary/aromatic N) is 3. The zero-order valence-electron chi connectivity index (χ0n) is 14.9. The summed E-state index contributed by atoms with van der Waals surface area (Å²) in [5, 5.41) is 1.34. The van der Waals surface area contributed by atoms with Gasteiger partial charge in [0.15, 0.2) is 0 Å². The van der Waals surface area contributed by atoms with Crippen LogP contribution in [-0.2, 0) is 13.0 Å². The maximum atomic E-state index is 13.1. The highest BCUT2D eigenvalue weighted by Crippen LogP contribution is 2.32. The second-order valence-electron chi connectivity index (χ2n) is 6.99. The molecular formula is C21H22FN3. The third-order valence-corrected chi connectivity index (χ3v) is 5.04. The first-order chi connectivity index (χ1) is 12.0. The number of rotatable bonds is 2. The number of likely N-dealkylation sites (N-methyl/N-ethyl adjacent to an activating group) is 1. The minimum atomic E-state index is -0.446. The summed E-state index contributed by atoms with van der Waals surface area (Å²) < 4.78 is 15.4. The van der Waals surface area contributed by atoms with Gasteiger partial charge in [-0.2, -0.15) is 4.39 Å². The van der Waals surface area contributed by atoms with Gasteiger partial charge in [0.25, 0.3) is 0 Å². The highest BCUT2D eigenvalue weighted by Gasteiger charge is 2.21. The lowest BCUT2D eigenvalue weighted by Crippen LogP contribution is -2.26. The van der Waals surface area contributed by atoms with E-state index in [1.165, 1.54) is 33.8 Å². The molecule has 0 N–H and O–H groups in total. The molecule has 1 aliphatic heterocycles. The lowest BCUT2D eigenvalue weighted by molar-refractivity contribution is 0.312. The van der Waals surface area contributed by atoms with E-state index in [-0.39, 0.29) is 0 Å². The van der Waals surface area contributed by atoms with Crippen molar-refractivity contribution in [1.82, 2.24) is 14.5 Å². The average Bonchev–Trinajstić information content (AvgIpc) is 2.88. The first-order valence-electron chi connectivity index (χ1n) is 8.64. The van der Waals surface area contributed by atoms with Gasteiger partial charge in [0, 0.05) is 43.0 Å². The molecule has 3 nitrogen and oxygen atoms in total. The molecule has 0 aliphatic carbocycles. The monoisotopic (exact) mass is 335 g/mol. The van der Waals surface area contributed by atoms with Crippen molar-refractivity contribution >= 4 is 22.7 Å². The van der Waals surface area contributed by atoms with Gasteiger partial charge >= 0.3 is 0 Å². The number of fused-ring (bicyclic) bond motifs is 3. The van der Waals surface area contributed by atoms with Crippen LogP contribution in [0.4, 0.5) is 4.39 Å². The highest BCUT2D eigenvalue weighted by molar-refractivity contribution is 5.90. The summed E-state index contributed by atoms with van der Waals surface area (Å²) in [6, 6.07) is 9.84. The molecule has 3 aromatic rings. The van der Waals surface area contributed by atoms with E-state index in [0.717, 1.165) is 30.6 Å². The molecule has 1 aromatic carbocycles. The topological polar surface area (TPSA) is 21.1 Å². The summed E-state index contributed by atoms with van der Waals surface area (Å²) in [6.45, 7) is 6.23. The molecule has 4 rings (SSSR count). The molecule has 0 unspecified atom stereocenters. The maximum absolute atomic E-state index is 13.1. The molecule has 3 heterocycles. The van der Waals surface area contributed by atoms with Gasteiger partial charge in [-0.3, -0.25) is 0 Å². The average molecular weight is 335 g/mol. The van der Waals surface area contributed by atoms with Crippen LogP contribution in [0.3, 0.4) is 0 Å². The van der Waals surface area contributed by atoms with Crippen LogP contribution in [0, 0.1) is 12.9 Å². The molecule has 1 aliphatic rings. The predicted octanol–water partition coefficient (Wildman–Crippen LogP) is 4.49. The van der Waals surface area contributed by atoms with E-state index in [0.29, 0.717) is 0 Å². The molecule has 0 atom stereocenters. The molecule has 128 valence electrons. The molecule has 0 saturated heterocycles. The zero-order chi connectivity index (χ0) is 17.6. The number of hydrogen-bond donors (Lipinski definition) is 0. The summed E-state index contributed by atoms with van der Waals surface area (Å²) in [5.74, 6) is -0.446. The molecule has 0 saturated carbocycles. The van der Waals surface area contributed by atoms with E-state index in [1.54, 1.807) is 12.3 Å². The minimum absolute atomic E-state index is 0.446.